The van der Waals surface area contributed by atoms with Gasteiger partial charge in [0.1, 0.15) is 5.84 Å². The molecular formula is C20H19Cl2N5O4. The Labute approximate surface area is 188 Å². The molecule has 0 saturated carbocycles. The van der Waals surface area contributed by atoms with Crippen molar-refractivity contribution in [2.24, 2.45) is 15.7 Å². The summed E-state index contributed by atoms with van der Waals surface area (Å²) in [5.41, 5.74) is 7.72. The van der Waals surface area contributed by atoms with Crippen molar-refractivity contribution in [1.82, 2.24) is 0 Å². The topological polar surface area (TPSA) is 140 Å². The lowest BCUT2D eigenvalue weighted by Gasteiger charge is -2.10. The third-order valence-corrected chi connectivity index (χ3v) is 4.65. The minimum atomic E-state index is -0.525. The van der Waals surface area contributed by atoms with Crippen LogP contribution in [0.2, 0.25) is 10.0 Å². The van der Waals surface area contributed by atoms with E-state index in [1.807, 2.05) is 0 Å². The predicted molar refractivity (Wildman–Crippen MR) is 121 cm³/mol. The molecule has 0 aromatic heterocycles. The lowest BCUT2D eigenvalue weighted by atomic mass is 10.1. The van der Waals surface area contributed by atoms with E-state index in [2.05, 4.69) is 15.3 Å². The highest BCUT2D eigenvalue weighted by molar-refractivity contribution is 6.39. The van der Waals surface area contributed by atoms with E-state index < -0.39 is 10.8 Å². The Morgan fingerprint density at radius 3 is 2.23 bits per heavy atom. The van der Waals surface area contributed by atoms with E-state index in [0.29, 0.717) is 16.8 Å². The number of nitrogens with two attached hydrogens (primary N) is 1. The third-order valence-electron chi connectivity index (χ3n) is 4.06. The van der Waals surface area contributed by atoms with Gasteiger partial charge in [-0.05, 0) is 35.4 Å². The fraction of sp³-hybridized carbons (Fsp3) is 0.200. The first-order valence-electron chi connectivity index (χ1n) is 8.92. The second kappa shape index (κ2) is 10.6. The van der Waals surface area contributed by atoms with Crippen LogP contribution in [0, 0.1) is 10.1 Å². The first-order chi connectivity index (χ1) is 14.6. The highest BCUT2D eigenvalue weighted by atomic mass is 35.5. The molecule has 11 heteroatoms. The largest absolute Gasteiger partial charge is 0.387 e. The molecule has 2 rings (SSSR count). The average molecular weight is 464 g/mol. The zero-order chi connectivity index (χ0) is 23.1. The van der Waals surface area contributed by atoms with Gasteiger partial charge in [0.05, 0.1) is 32.8 Å². The molecule has 0 spiro atoms. The van der Waals surface area contributed by atoms with Gasteiger partial charge in [0.15, 0.2) is 0 Å². The Balaban J connectivity index is 2.10. The lowest BCUT2D eigenvalue weighted by molar-refractivity contribution is -0.384. The molecule has 9 nitrogen and oxygen atoms in total. The summed E-state index contributed by atoms with van der Waals surface area (Å²) >= 11 is 12.3. The fourth-order valence-electron chi connectivity index (χ4n) is 2.70. The molecule has 2 aromatic rings. The highest BCUT2D eigenvalue weighted by Gasteiger charge is 2.13. The van der Waals surface area contributed by atoms with Gasteiger partial charge in [0.25, 0.3) is 11.6 Å². The molecule has 3 N–H and O–H groups in total. The molecule has 0 unspecified atom stereocenters. The molecule has 31 heavy (non-hydrogen) atoms. The van der Waals surface area contributed by atoms with E-state index in [0.717, 1.165) is 0 Å². The Kier molecular flexibility index (Phi) is 8.23. The number of hydrogen-bond acceptors (Lipinski definition) is 5. The number of hydrogen-bond donors (Lipinski definition) is 2. The molecule has 162 valence electrons. The van der Waals surface area contributed by atoms with Crippen molar-refractivity contribution in [3.8, 4) is 0 Å². The van der Waals surface area contributed by atoms with Crippen molar-refractivity contribution in [3.05, 3.63) is 67.7 Å². The maximum absolute atomic E-state index is 12.3. The number of halogens is 2. The standard InChI is InChI=1S/C20H19Cl2N5O4/c1-11(28)25-20-15(21)7-12(8-16(20)22)9-18(23)26-19(29)10-17(24-2)13-3-5-14(6-4-13)27(30)31/h3-8H,9-10H2,1-2H3,(H,25,28)(H2,23,26,29)/b24-17+. The summed E-state index contributed by atoms with van der Waals surface area (Å²) in [4.78, 5) is 41.7. The third kappa shape index (κ3) is 6.87. The minimum absolute atomic E-state index is 0.0450. The molecule has 0 aliphatic rings. The number of nitrogens with zero attached hydrogens (tertiary/aromatic N) is 3. The fourth-order valence-corrected chi connectivity index (χ4v) is 3.33. The normalized spacial score (nSPS) is 11.9. The molecule has 2 aromatic carbocycles. The number of nitrogens with one attached hydrogen (secondary N) is 1. The van der Waals surface area contributed by atoms with Crippen LogP contribution in [0.5, 0.6) is 0 Å². The smallest absolute Gasteiger partial charge is 0.269 e. The van der Waals surface area contributed by atoms with Gasteiger partial charge in [0.2, 0.25) is 5.91 Å². The number of amides is 2. The van der Waals surface area contributed by atoms with Crippen molar-refractivity contribution < 1.29 is 14.5 Å². The van der Waals surface area contributed by atoms with E-state index >= 15 is 0 Å². The number of rotatable bonds is 7. The minimum Gasteiger partial charge on any atom is -0.387 e. The van der Waals surface area contributed by atoms with Gasteiger partial charge in [-0.25, -0.2) is 4.99 Å². The number of non-ortho nitro benzene ring substituents is 1. The Hall–Kier alpha value is -3.30. The maximum atomic E-state index is 12.3. The van der Waals surface area contributed by atoms with Crippen molar-refractivity contribution in [3.63, 3.8) is 0 Å². The van der Waals surface area contributed by atoms with Crippen LogP contribution in [-0.4, -0.2) is 35.3 Å². The Morgan fingerprint density at radius 1 is 1.16 bits per heavy atom. The number of benzene rings is 2. The number of aliphatic imine (C=N–C) groups is 2. The monoisotopic (exact) mass is 463 g/mol. The summed E-state index contributed by atoms with van der Waals surface area (Å²) in [6.45, 7) is 1.33. The van der Waals surface area contributed by atoms with Crippen molar-refractivity contribution >= 4 is 57.9 Å². The van der Waals surface area contributed by atoms with Gasteiger partial charge in [-0.3, -0.25) is 24.7 Å². The van der Waals surface area contributed by atoms with Crippen LogP contribution in [0.15, 0.2) is 46.4 Å². The molecule has 0 fully saturated rings. The number of anilines is 1. The van der Waals surface area contributed by atoms with Crippen LogP contribution in [0.4, 0.5) is 11.4 Å². The molecule has 2 amide bonds. The summed E-state index contributed by atoms with van der Waals surface area (Å²) in [7, 11) is 1.51. The average Bonchev–Trinajstić information content (AvgIpc) is 2.68. The lowest BCUT2D eigenvalue weighted by Crippen LogP contribution is -2.19. The van der Waals surface area contributed by atoms with E-state index in [9.17, 15) is 19.7 Å². The first kappa shape index (κ1) is 24.0. The van der Waals surface area contributed by atoms with Gasteiger partial charge in [0, 0.05) is 32.5 Å². The zero-order valence-corrected chi connectivity index (χ0v) is 18.2. The molecule has 0 saturated heterocycles. The van der Waals surface area contributed by atoms with Crippen LogP contribution >= 0.6 is 23.2 Å². The molecule has 0 bridgehead atoms. The predicted octanol–water partition coefficient (Wildman–Crippen LogP) is 3.80. The summed E-state index contributed by atoms with van der Waals surface area (Å²) in [5.74, 6) is -0.795. The second-order valence-corrected chi connectivity index (χ2v) is 7.25. The van der Waals surface area contributed by atoms with Gasteiger partial charge < -0.3 is 11.1 Å². The van der Waals surface area contributed by atoms with E-state index in [4.69, 9.17) is 28.9 Å². The van der Waals surface area contributed by atoms with E-state index in [1.54, 1.807) is 12.1 Å². The van der Waals surface area contributed by atoms with Crippen molar-refractivity contribution in [2.45, 2.75) is 19.8 Å². The summed E-state index contributed by atoms with van der Waals surface area (Å²) in [5, 5.41) is 13.8. The zero-order valence-electron chi connectivity index (χ0n) is 16.7. The summed E-state index contributed by atoms with van der Waals surface area (Å²) in [6.07, 6.45) is -0.0142. The maximum Gasteiger partial charge on any atom is 0.269 e. The number of nitro benzene ring substituents is 1. The number of carbonyl (C=O) groups excluding carboxylic acids is 2. The quantitative estimate of drug-likeness (QED) is 0.278. The Morgan fingerprint density at radius 2 is 1.74 bits per heavy atom. The molecule has 0 radical (unpaired) electrons. The van der Waals surface area contributed by atoms with Gasteiger partial charge in [-0.1, -0.05) is 23.2 Å². The van der Waals surface area contributed by atoms with Crippen molar-refractivity contribution in [2.75, 3.05) is 12.4 Å². The highest BCUT2D eigenvalue weighted by Crippen LogP contribution is 2.32. The van der Waals surface area contributed by atoms with Crippen LogP contribution < -0.4 is 11.1 Å². The van der Waals surface area contributed by atoms with Crippen LogP contribution in [0.1, 0.15) is 24.5 Å². The summed E-state index contributed by atoms with van der Waals surface area (Å²) < 4.78 is 0. The number of amidine groups is 1. The number of carbonyl (C=O) groups is 2. The van der Waals surface area contributed by atoms with E-state index in [1.165, 1.54) is 38.2 Å². The van der Waals surface area contributed by atoms with E-state index in [-0.39, 0.29) is 46.0 Å². The molecule has 0 aliphatic carbocycles. The number of nitro groups is 1. The second-order valence-electron chi connectivity index (χ2n) is 6.44. The SMILES string of the molecule is C/N=C(\CC(=O)/N=C(\N)Cc1cc(Cl)c(NC(C)=O)c(Cl)c1)c1ccc([N+](=O)[O-])cc1. The van der Waals surface area contributed by atoms with Crippen LogP contribution in [0.3, 0.4) is 0 Å². The van der Waals surface area contributed by atoms with Crippen molar-refractivity contribution in [1.29, 1.82) is 0 Å². The van der Waals surface area contributed by atoms with Crippen LogP contribution in [-0.2, 0) is 16.0 Å². The molecular weight excluding hydrogens is 445 g/mol. The molecule has 0 aliphatic heterocycles. The molecule has 0 atom stereocenters. The van der Waals surface area contributed by atoms with Gasteiger partial charge in [-0.15, -0.1) is 0 Å². The Bertz CT molecular complexity index is 1060. The van der Waals surface area contributed by atoms with Gasteiger partial charge >= 0.3 is 0 Å². The summed E-state index contributed by atoms with van der Waals surface area (Å²) in [6, 6.07) is 8.84. The van der Waals surface area contributed by atoms with Gasteiger partial charge in [-0.2, -0.15) is 0 Å². The molecule has 0 heterocycles. The first-order valence-corrected chi connectivity index (χ1v) is 9.68. The van der Waals surface area contributed by atoms with Crippen LogP contribution in [0.25, 0.3) is 0 Å².